The van der Waals surface area contributed by atoms with Crippen LogP contribution in [0.3, 0.4) is 0 Å². The lowest BCUT2D eigenvalue weighted by atomic mass is 10.1. The van der Waals surface area contributed by atoms with Gasteiger partial charge >= 0.3 is 0 Å². The van der Waals surface area contributed by atoms with Crippen molar-refractivity contribution in [3.8, 4) is 0 Å². The highest BCUT2D eigenvalue weighted by molar-refractivity contribution is 5.77. The summed E-state index contributed by atoms with van der Waals surface area (Å²) >= 11 is 0. The van der Waals surface area contributed by atoms with E-state index in [9.17, 15) is 13.6 Å². The summed E-state index contributed by atoms with van der Waals surface area (Å²) in [7, 11) is 0. The van der Waals surface area contributed by atoms with Crippen LogP contribution in [0.2, 0.25) is 0 Å². The first-order valence-electron chi connectivity index (χ1n) is 10.1. The summed E-state index contributed by atoms with van der Waals surface area (Å²) in [5.74, 6) is 1.81. The van der Waals surface area contributed by atoms with Gasteiger partial charge in [-0.15, -0.1) is 0 Å². The van der Waals surface area contributed by atoms with Gasteiger partial charge in [0.05, 0.1) is 29.7 Å². The van der Waals surface area contributed by atoms with Crippen LogP contribution in [0.25, 0.3) is 10.9 Å². The lowest BCUT2D eigenvalue weighted by Crippen LogP contribution is -2.33. The van der Waals surface area contributed by atoms with Crippen molar-refractivity contribution in [2.24, 2.45) is 0 Å². The average molecular weight is 400 g/mol. The Morgan fingerprint density at radius 1 is 1.21 bits per heavy atom. The van der Waals surface area contributed by atoms with Gasteiger partial charge in [0.1, 0.15) is 11.6 Å². The van der Waals surface area contributed by atoms with E-state index in [0.717, 1.165) is 43.6 Å². The number of likely N-dealkylation sites (tertiary alicyclic amines) is 1. The lowest BCUT2D eigenvalue weighted by molar-refractivity contribution is 0.120. The molecule has 2 fully saturated rings. The molecule has 6 nitrogen and oxygen atoms in total. The number of rotatable bonds is 6. The second-order valence-corrected chi connectivity index (χ2v) is 7.91. The Balaban J connectivity index is 1.54. The Morgan fingerprint density at radius 2 is 2.03 bits per heavy atom. The Labute approximate surface area is 166 Å². The number of halogens is 2. The van der Waals surface area contributed by atoms with E-state index >= 15 is 0 Å². The number of aromatic nitrogens is 3. The predicted octanol–water partition coefficient (Wildman–Crippen LogP) is 3.86. The van der Waals surface area contributed by atoms with Crippen LogP contribution in [-0.4, -0.2) is 32.6 Å². The Kier molecular flexibility index (Phi) is 4.66. The highest BCUT2D eigenvalue weighted by Gasteiger charge is 2.34. The van der Waals surface area contributed by atoms with Crippen LogP contribution in [0.15, 0.2) is 39.8 Å². The van der Waals surface area contributed by atoms with E-state index in [4.69, 9.17) is 4.52 Å². The van der Waals surface area contributed by atoms with Crippen LogP contribution >= 0.6 is 0 Å². The molecule has 1 unspecified atom stereocenters. The Hall–Kier alpha value is -2.61. The molecular formula is C21H22F2N4O2. The lowest BCUT2D eigenvalue weighted by Gasteiger charge is -2.26. The van der Waals surface area contributed by atoms with Crippen molar-refractivity contribution in [2.45, 2.75) is 57.2 Å². The van der Waals surface area contributed by atoms with Crippen LogP contribution in [-0.2, 0) is 13.1 Å². The Morgan fingerprint density at radius 3 is 2.83 bits per heavy atom. The van der Waals surface area contributed by atoms with Crippen molar-refractivity contribution in [3.05, 3.63) is 58.0 Å². The minimum absolute atomic E-state index is 0.187. The van der Waals surface area contributed by atoms with Crippen LogP contribution in [0.5, 0.6) is 0 Å². The number of fused-ring (bicyclic) bond motifs is 1. The molecular weight excluding hydrogens is 378 g/mol. The molecule has 1 aromatic carbocycles. The maximum atomic E-state index is 13.3. The van der Waals surface area contributed by atoms with Crippen molar-refractivity contribution in [1.29, 1.82) is 0 Å². The third kappa shape index (κ3) is 3.46. The first-order chi connectivity index (χ1) is 14.1. The molecule has 0 amide bonds. The van der Waals surface area contributed by atoms with E-state index in [1.165, 1.54) is 4.57 Å². The van der Waals surface area contributed by atoms with Gasteiger partial charge in [0.25, 0.3) is 12.0 Å². The fourth-order valence-corrected chi connectivity index (χ4v) is 4.35. The SMILES string of the molecule is O=c1c2ccccc2nc(C2CCCN2Cc2cnoc2C2CC2)n1CC(F)F. The quantitative estimate of drug-likeness (QED) is 0.629. The fraction of sp³-hybridized carbons (Fsp3) is 0.476. The number of hydrogen-bond donors (Lipinski definition) is 0. The molecule has 3 aromatic rings. The summed E-state index contributed by atoms with van der Waals surface area (Å²) in [6.07, 6.45) is 3.06. The van der Waals surface area contributed by atoms with Gasteiger partial charge in [-0.1, -0.05) is 17.3 Å². The van der Waals surface area contributed by atoms with Gasteiger partial charge in [0.15, 0.2) is 0 Å². The molecule has 0 bridgehead atoms. The fourth-order valence-electron chi connectivity index (χ4n) is 4.35. The monoisotopic (exact) mass is 400 g/mol. The number of para-hydroxylation sites is 1. The van der Waals surface area contributed by atoms with Crippen molar-refractivity contribution in [1.82, 2.24) is 19.6 Å². The van der Waals surface area contributed by atoms with Gasteiger partial charge in [-0.2, -0.15) is 0 Å². The highest BCUT2D eigenvalue weighted by atomic mass is 19.3. The third-order valence-electron chi connectivity index (χ3n) is 5.87. The van der Waals surface area contributed by atoms with Gasteiger partial charge in [-0.05, 0) is 44.4 Å². The maximum absolute atomic E-state index is 13.3. The van der Waals surface area contributed by atoms with E-state index in [1.807, 2.05) is 6.07 Å². The van der Waals surface area contributed by atoms with Crippen molar-refractivity contribution >= 4 is 10.9 Å². The zero-order valence-corrected chi connectivity index (χ0v) is 15.9. The molecule has 0 N–H and O–H groups in total. The third-order valence-corrected chi connectivity index (χ3v) is 5.87. The molecule has 1 aliphatic carbocycles. The first-order valence-corrected chi connectivity index (χ1v) is 10.1. The predicted molar refractivity (Wildman–Crippen MR) is 103 cm³/mol. The Bertz CT molecular complexity index is 1090. The van der Waals surface area contributed by atoms with Gasteiger partial charge < -0.3 is 4.52 Å². The van der Waals surface area contributed by atoms with E-state index < -0.39 is 18.5 Å². The molecule has 2 aliphatic rings. The van der Waals surface area contributed by atoms with E-state index in [0.29, 0.717) is 29.2 Å². The van der Waals surface area contributed by atoms with Crippen molar-refractivity contribution in [2.75, 3.05) is 6.54 Å². The summed E-state index contributed by atoms with van der Waals surface area (Å²) < 4.78 is 33.2. The van der Waals surface area contributed by atoms with Crippen LogP contribution in [0, 0.1) is 0 Å². The van der Waals surface area contributed by atoms with E-state index in [-0.39, 0.29) is 6.04 Å². The average Bonchev–Trinajstić information content (AvgIpc) is 3.27. The molecule has 1 aliphatic heterocycles. The second-order valence-electron chi connectivity index (χ2n) is 7.91. The molecule has 1 saturated heterocycles. The van der Waals surface area contributed by atoms with Crippen LogP contribution in [0.4, 0.5) is 8.78 Å². The van der Waals surface area contributed by atoms with Crippen molar-refractivity contribution < 1.29 is 13.3 Å². The summed E-state index contributed by atoms with van der Waals surface area (Å²) in [6.45, 7) is 0.797. The normalized spacial score (nSPS) is 20.2. The zero-order chi connectivity index (χ0) is 20.0. The highest BCUT2D eigenvalue weighted by Crippen LogP contribution is 2.42. The minimum atomic E-state index is -2.62. The molecule has 3 heterocycles. The molecule has 29 heavy (non-hydrogen) atoms. The summed E-state index contributed by atoms with van der Waals surface area (Å²) in [4.78, 5) is 19.8. The molecule has 0 spiro atoms. The summed E-state index contributed by atoms with van der Waals surface area (Å²) in [6, 6.07) is 6.75. The van der Waals surface area contributed by atoms with Gasteiger partial charge in [-0.25, -0.2) is 13.8 Å². The van der Waals surface area contributed by atoms with Gasteiger partial charge in [-0.3, -0.25) is 14.3 Å². The van der Waals surface area contributed by atoms with Gasteiger partial charge in [0.2, 0.25) is 0 Å². The molecule has 152 valence electrons. The van der Waals surface area contributed by atoms with E-state index in [1.54, 1.807) is 24.4 Å². The molecule has 1 atom stereocenters. The largest absolute Gasteiger partial charge is 0.361 e. The topological polar surface area (TPSA) is 64.2 Å². The number of alkyl halides is 2. The molecule has 0 radical (unpaired) electrons. The number of nitrogens with zero attached hydrogens (tertiary/aromatic N) is 4. The molecule has 2 aromatic heterocycles. The summed E-state index contributed by atoms with van der Waals surface area (Å²) in [5, 5.41) is 4.34. The van der Waals surface area contributed by atoms with Crippen LogP contribution in [0.1, 0.15) is 54.8 Å². The number of benzene rings is 1. The number of hydrogen-bond acceptors (Lipinski definition) is 5. The first kappa shape index (κ1) is 18.4. The van der Waals surface area contributed by atoms with Gasteiger partial charge in [0, 0.05) is 18.0 Å². The maximum Gasteiger partial charge on any atom is 0.261 e. The molecule has 1 saturated carbocycles. The molecule has 8 heteroatoms. The standard InChI is InChI=1S/C21H22F2N4O2/c22-18(23)12-27-20(25-16-5-2-1-4-15(16)21(27)28)17-6-3-9-26(17)11-14-10-24-29-19(14)13-7-8-13/h1-2,4-5,10,13,17-18H,3,6-9,11-12H2. The second kappa shape index (κ2) is 7.33. The smallest absolute Gasteiger partial charge is 0.261 e. The molecule has 5 rings (SSSR count). The minimum Gasteiger partial charge on any atom is -0.361 e. The zero-order valence-electron chi connectivity index (χ0n) is 15.9. The summed E-state index contributed by atoms with van der Waals surface area (Å²) in [5.41, 5.74) is 1.19. The van der Waals surface area contributed by atoms with E-state index in [2.05, 4.69) is 15.0 Å². The van der Waals surface area contributed by atoms with Crippen LogP contribution < -0.4 is 5.56 Å². The van der Waals surface area contributed by atoms with Crippen molar-refractivity contribution in [3.63, 3.8) is 0 Å².